The number of thiophene rings is 2. The lowest BCUT2D eigenvalue weighted by atomic mass is 10.2. The highest BCUT2D eigenvalue weighted by atomic mass is 32.1. The van der Waals surface area contributed by atoms with Crippen molar-refractivity contribution in [3.05, 3.63) is 44.8 Å². The summed E-state index contributed by atoms with van der Waals surface area (Å²) in [7, 11) is 1.81. The Hall–Kier alpha value is -1.66. The van der Waals surface area contributed by atoms with Crippen molar-refractivity contribution in [2.45, 2.75) is 25.4 Å². The van der Waals surface area contributed by atoms with Crippen LogP contribution in [0.5, 0.6) is 0 Å². The summed E-state index contributed by atoms with van der Waals surface area (Å²) in [6.07, 6.45) is 1.64. The highest BCUT2D eigenvalue weighted by Gasteiger charge is 2.36. The summed E-state index contributed by atoms with van der Waals surface area (Å²) >= 11 is 3.07. The molecular formula is C16H18N2O2S2. The third-order valence-corrected chi connectivity index (χ3v) is 5.60. The molecule has 0 spiro atoms. The van der Waals surface area contributed by atoms with E-state index in [9.17, 15) is 9.59 Å². The summed E-state index contributed by atoms with van der Waals surface area (Å²) in [5, 5.41) is 3.90. The largest absolute Gasteiger partial charge is 0.339 e. The summed E-state index contributed by atoms with van der Waals surface area (Å²) in [6.45, 7) is 1.27. The molecule has 1 atom stereocenters. The van der Waals surface area contributed by atoms with Crippen molar-refractivity contribution in [3.8, 4) is 0 Å². The van der Waals surface area contributed by atoms with E-state index in [1.807, 2.05) is 42.1 Å². The number of carbonyl (C=O) groups excluding carboxylic acids is 2. The summed E-state index contributed by atoms with van der Waals surface area (Å²) in [6, 6.07) is 7.38. The highest BCUT2D eigenvalue weighted by Crippen LogP contribution is 2.24. The van der Waals surface area contributed by atoms with Gasteiger partial charge in [0.15, 0.2) is 0 Å². The van der Waals surface area contributed by atoms with E-state index in [-0.39, 0.29) is 17.9 Å². The molecule has 1 fully saturated rings. The van der Waals surface area contributed by atoms with Crippen LogP contribution in [0.1, 0.15) is 27.4 Å². The number of carbonyl (C=O) groups is 2. The first kappa shape index (κ1) is 15.2. The van der Waals surface area contributed by atoms with Gasteiger partial charge in [0.25, 0.3) is 5.91 Å². The maximum absolute atomic E-state index is 12.7. The van der Waals surface area contributed by atoms with E-state index in [2.05, 4.69) is 0 Å². The van der Waals surface area contributed by atoms with Gasteiger partial charge in [0, 0.05) is 18.5 Å². The molecule has 3 rings (SSSR count). The van der Waals surface area contributed by atoms with Crippen LogP contribution in [0.2, 0.25) is 0 Å². The Morgan fingerprint density at radius 2 is 2.05 bits per heavy atom. The van der Waals surface area contributed by atoms with Crippen molar-refractivity contribution in [1.82, 2.24) is 9.80 Å². The van der Waals surface area contributed by atoms with Gasteiger partial charge in [-0.1, -0.05) is 12.1 Å². The van der Waals surface area contributed by atoms with Crippen LogP contribution in [0, 0.1) is 0 Å². The molecule has 1 aliphatic heterocycles. The predicted octanol–water partition coefficient (Wildman–Crippen LogP) is 3.07. The van der Waals surface area contributed by atoms with Crippen LogP contribution in [-0.2, 0) is 11.3 Å². The Balaban J connectivity index is 1.69. The molecule has 0 bridgehead atoms. The standard InChI is InChI=1S/C16H18N2O2S2/c1-17(11-12-5-3-9-21-12)15(19)13-6-2-8-18(13)16(20)14-7-4-10-22-14/h3-5,7,9-10,13H,2,6,8,11H2,1H3/t13-/m1/s1. The van der Waals surface area contributed by atoms with Crippen LogP contribution in [0.15, 0.2) is 35.0 Å². The first-order valence-corrected chi connectivity index (χ1v) is 9.04. The monoisotopic (exact) mass is 334 g/mol. The third-order valence-electron chi connectivity index (χ3n) is 3.88. The van der Waals surface area contributed by atoms with E-state index in [0.29, 0.717) is 18.0 Å². The molecule has 0 saturated carbocycles. The molecule has 22 heavy (non-hydrogen) atoms. The van der Waals surface area contributed by atoms with Crippen LogP contribution >= 0.6 is 22.7 Å². The SMILES string of the molecule is CN(Cc1cccs1)C(=O)[C@H]1CCCN1C(=O)c1cccs1. The van der Waals surface area contributed by atoms with E-state index < -0.39 is 0 Å². The van der Waals surface area contributed by atoms with Crippen molar-refractivity contribution in [1.29, 1.82) is 0 Å². The van der Waals surface area contributed by atoms with E-state index in [0.717, 1.165) is 17.7 Å². The normalized spacial score (nSPS) is 17.7. The summed E-state index contributed by atoms with van der Waals surface area (Å²) in [5.74, 6) is 0.0196. The van der Waals surface area contributed by atoms with Crippen molar-refractivity contribution in [2.24, 2.45) is 0 Å². The third kappa shape index (κ3) is 3.08. The van der Waals surface area contributed by atoms with Gasteiger partial charge in [0.2, 0.25) is 5.91 Å². The van der Waals surface area contributed by atoms with Gasteiger partial charge in [0.1, 0.15) is 6.04 Å². The molecule has 2 aromatic rings. The summed E-state index contributed by atoms with van der Waals surface area (Å²) in [5.41, 5.74) is 0. The lowest BCUT2D eigenvalue weighted by molar-refractivity contribution is -0.134. The maximum atomic E-state index is 12.7. The number of likely N-dealkylation sites (tertiary alicyclic amines) is 1. The molecule has 2 aromatic heterocycles. The quantitative estimate of drug-likeness (QED) is 0.862. The fraction of sp³-hybridized carbons (Fsp3) is 0.375. The van der Waals surface area contributed by atoms with Crippen LogP contribution in [0.25, 0.3) is 0 Å². The van der Waals surface area contributed by atoms with Gasteiger partial charge in [-0.2, -0.15) is 0 Å². The first-order chi connectivity index (χ1) is 10.7. The zero-order valence-electron chi connectivity index (χ0n) is 12.4. The zero-order valence-corrected chi connectivity index (χ0v) is 14.0. The molecule has 0 N–H and O–H groups in total. The number of amides is 2. The molecule has 116 valence electrons. The number of likely N-dealkylation sites (N-methyl/N-ethyl adjacent to an activating group) is 1. The fourth-order valence-corrected chi connectivity index (χ4v) is 4.21. The van der Waals surface area contributed by atoms with Crippen molar-refractivity contribution >= 4 is 34.5 Å². The highest BCUT2D eigenvalue weighted by molar-refractivity contribution is 7.12. The Kier molecular flexibility index (Phi) is 4.59. The van der Waals surface area contributed by atoms with Gasteiger partial charge in [-0.05, 0) is 35.7 Å². The average molecular weight is 334 g/mol. The lowest BCUT2D eigenvalue weighted by Gasteiger charge is -2.27. The van der Waals surface area contributed by atoms with E-state index in [4.69, 9.17) is 0 Å². The number of hydrogen-bond donors (Lipinski definition) is 0. The molecule has 6 heteroatoms. The Morgan fingerprint density at radius 3 is 2.73 bits per heavy atom. The minimum atomic E-state index is -0.320. The van der Waals surface area contributed by atoms with E-state index >= 15 is 0 Å². The second-order valence-electron chi connectivity index (χ2n) is 5.41. The maximum Gasteiger partial charge on any atom is 0.264 e. The molecule has 1 saturated heterocycles. The van der Waals surface area contributed by atoms with E-state index in [1.165, 1.54) is 11.3 Å². The van der Waals surface area contributed by atoms with Gasteiger partial charge < -0.3 is 9.80 Å². The molecule has 0 unspecified atom stereocenters. The summed E-state index contributed by atoms with van der Waals surface area (Å²) in [4.78, 5) is 30.6. The fourth-order valence-electron chi connectivity index (χ4n) is 2.78. The average Bonchev–Trinajstić information content (AvgIpc) is 3.26. The first-order valence-electron chi connectivity index (χ1n) is 7.28. The van der Waals surface area contributed by atoms with Crippen LogP contribution in [-0.4, -0.2) is 41.2 Å². The van der Waals surface area contributed by atoms with E-state index in [1.54, 1.807) is 21.1 Å². The molecule has 3 heterocycles. The molecule has 0 aliphatic carbocycles. The Bertz CT molecular complexity index is 637. The van der Waals surface area contributed by atoms with Crippen molar-refractivity contribution in [2.75, 3.05) is 13.6 Å². The topological polar surface area (TPSA) is 40.6 Å². The minimum Gasteiger partial charge on any atom is -0.339 e. The molecule has 4 nitrogen and oxygen atoms in total. The van der Waals surface area contributed by atoms with Gasteiger partial charge in [-0.3, -0.25) is 9.59 Å². The number of nitrogens with zero attached hydrogens (tertiary/aromatic N) is 2. The number of hydrogen-bond acceptors (Lipinski definition) is 4. The minimum absolute atomic E-state index is 0.0182. The van der Waals surface area contributed by atoms with Crippen molar-refractivity contribution in [3.63, 3.8) is 0 Å². The second-order valence-corrected chi connectivity index (χ2v) is 7.39. The zero-order chi connectivity index (χ0) is 15.5. The second kappa shape index (κ2) is 6.62. The van der Waals surface area contributed by atoms with Crippen LogP contribution in [0.4, 0.5) is 0 Å². The molecular weight excluding hydrogens is 316 g/mol. The van der Waals surface area contributed by atoms with Crippen LogP contribution in [0.3, 0.4) is 0 Å². The van der Waals surface area contributed by atoms with Gasteiger partial charge in [-0.25, -0.2) is 0 Å². The lowest BCUT2D eigenvalue weighted by Crippen LogP contribution is -2.46. The molecule has 1 aliphatic rings. The molecule has 0 radical (unpaired) electrons. The van der Waals surface area contributed by atoms with Gasteiger partial charge >= 0.3 is 0 Å². The predicted molar refractivity (Wildman–Crippen MR) is 89.2 cm³/mol. The van der Waals surface area contributed by atoms with Gasteiger partial charge in [-0.15, -0.1) is 22.7 Å². The molecule has 2 amide bonds. The van der Waals surface area contributed by atoms with Crippen LogP contribution < -0.4 is 0 Å². The number of rotatable bonds is 4. The Labute approximate surface area is 138 Å². The molecule has 0 aromatic carbocycles. The van der Waals surface area contributed by atoms with Crippen molar-refractivity contribution < 1.29 is 9.59 Å². The summed E-state index contributed by atoms with van der Waals surface area (Å²) < 4.78 is 0. The van der Waals surface area contributed by atoms with Gasteiger partial charge in [0.05, 0.1) is 11.4 Å². The Morgan fingerprint density at radius 1 is 1.27 bits per heavy atom. The smallest absolute Gasteiger partial charge is 0.264 e.